The van der Waals surface area contributed by atoms with Crippen molar-refractivity contribution in [3.8, 4) is 0 Å². The maximum atomic E-state index is 14.3. The predicted molar refractivity (Wildman–Crippen MR) is 280 cm³/mol. The first-order valence-corrected chi connectivity index (χ1v) is 27.8. The van der Waals surface area contributed by atoms with Crippen molar-refractivity contribution in [1.82, 2.24) is 31.1 Å². The zero-order valence-electron chi connectivity index (χ0n) is 45.9. The number of amides is 6. The highest BCUT2D eigenvalue weighted by molar-refractivity contribution is 7.51. The van der Waals surface area contributed by atoms with E-state index < -0.39 is 116 Å². The van der Waals surface area contributed by atoms with Gasteiger partial charge in [-0.05, 0) is 76.9 Å². The van der Waals surface area contributed by atoms with Gasteiger partial charge in [0.1, 0.15) is 36.4 Å². The Hall–Kier alpha value is -5.59. The first kappa shape index (κ1) is 64.5. The Kier molecular flexibility index (Phi) is 27.9. The van der Waals surface area contributed by atoms with Crippen LogP contribution in [-0.2, 0) is 63.3 Å². The van der Waals surface area contributed by atoms with Crippen LogP contribution >= 0.6 is 7.60 Å². The van der Waals surface area contributed by atoms with Gasteiger partial charge < -0.3 is 54.7 Å². The van der Waals surface area contributed by atoms with E-state index in [1.165, 1.54) is 45.8 Å². The standard InChI is InChI=1S/C53H85N6O14P/c1-14-34(5)45-48(62)56-39(10)52(66)73-46(35(6)15-2)37(8)42(72-53(67)54-28-22-17-16-18-23-29-70-74(13,68)69)27-26-36(7)51(65)71-43(30-33(3)4)47(61)55-38(9)49(63)59(12)41(31-40-24-20-19-21-25-40)50(64)58(11)32-44(60)57-45/h15,19-21,24-26,33-34,37-39,41-43,45-46H,14,16-18,22-23,27-32H2,1-13H3,(H,54,67)(H,55,61)(H,56,62)(H,57,60)(H,68,69)/b35-15+,36-26+/t34?,37-,38-,39+,41+,42-,43+,45-,46+/m0/s1. The van der Waals surface area contributed by atoms with Gasteiger partial charge in [-0.2, -0.15) is 0 Å². The van der Waals surface area contributed by atoms with Crippen molar-refractivity contribution in [2.45, 2.75) is 170 Å². The number of hydrogen-bond donors (Lipinski definition) is 5. The monoisotopic (exact) mass is 1060 g/mol. The highest BCUT2D eigenvalue weighted by Gasteiger charge is 2.37. The number of alkyl carbamates (subject to hydrolysis) is 1. The molecule has 0 aromatic heterocycles. The summed E-state index contributed by atoms with van der Waals surface area (Å²) in [6, 6.07) is 4.26. The average molecular weight is 1060 g/mol. The predicted octanol–water partition coefficient (Wildman–Crippen LogP) is 5.75. The fraction of sp³-hybridized carbons (Fsp3) is 0.660. The molecule has 0 aliphatic carbocycles. The van der Waals surface area contributed by atoms with E-state index in [1.54, 1.807) is 64.1 Å². The minimum absolute atomic E-state index is 0.0562. The van der Waals surface area contributed by atoms with Gasteiger partial charge in [-0.3, -0.25) is 28.5 Å². The van der Waals surface area contributed by atoms with Crippen LogP contribution in [0.4, 0.5) is 4.79 Å². The molecule has 0 saturated carbocycles. The van der Waals surface area contributed by atoms with Crippen molar-refractivity contribution in [2.24, 2.45) is 17.8 Å². The summed E-state index contributed by atoms with van der Waals surface area (Å²) in [5.74, 6) is -6.30. The van der Waals surface area contributed by atoms with Crippen molar-refractivity contribution >= 4 is 55.2 Å². The minimum Gasteiger partial charge on any atom is -0.456 e. The molecule has 416 valence electrons. The third-order valence-corrected chi connectivity index (χ3v) is 13.6. The molecule has 5 N–H and O–H groups in total. The summed E-state index contributed by atoms with van der Waals surface area (Å²) < 4.78 is 34.1. The Morgan fingerprint density at radius 3 is 2.14 bits per heavy atom. The zero-order valence-corrected chi connectivity index (χ0v) is 46.8. The molecule has 1 aromatic carbocycles. The van der Waals surface area contributed by atoms with Crippen molar-refractivity contribution in [3.05, 3.63) is 59.2 Å². The summed E-state index contributed by atoms with van der Waals surface area (Å²) in [6.07, 6.45) is 3.17. The molecule has 0 saturated heterocycles. The number of esters is 2. The highest BCUT2D eigenvalue weighted by Crippen LogP contribution is 2.36. The largest absolute Gasteiger partial charge is 0.456 e. The molecule has 1 heterocycles. The maximum Gasteiger partial charge on any atom is 0.407 e. The molecule has 74 heavy (non-hydrogen) atoms. The molecule has 6 amide bonds. The maximum absolute atomic E-state index is 14.3. The van der Waals surface area contributed by atoms with Gasteiger partial charge in [0.2, 0.25) is 23.6 Å². The van der Waals surface area contributed by atoms with E-state index >= 15 is 0 Å². The molecule has 0 bridgehead atoms. The van der Waals surface area contributed by atoms with E-state index in [2.05, 4.69) is 21.3 Å². The quantitative estimate of drug-likeness (QED) is 0.0409. The Bertz CT molecular complexity index is 2150. The summed E-state index contributed by atoms with van der Waals surface area (Å²) in [6.45, 7) is 17.9. The van der Waals surface area contributed by atoms with Crippen LogP contribution in [0.25, 0.3) is 0 Å². The lowest BCUT2D eigenvalue weighted by Crippen LogP contribution is -2.57. The van der Waals surface area contributed by atoms with E-state index in [0.29, 0.717) is 24.8 Å². The molecule has 0 radical (unpaired) electrons. The van der Waals surface area contributed by atoms with Gasteiger partial charge in [0.05, 0.1) is 13.2 Å². The molecule has 10 atom stereocenters. The van der Waals surface area contributed by atoms with Crippen LogP contribution in [0.3, 0.4) is 0 Å². The number of unbranched alkanes of at least 4 members (excludes halogenated alkanes) is 4. The third kappa shape index (κ3) is 22.5. The number of rotatable bonds is 17. The summed E-state index contributed by atoms with van der Waals surface area (Å²) in [4.78, 5) is 123. The molecule has 0 fully saturated rings. The third-order valence-electron chi connectivity index (χ3n) is 13.0. The van der Waals surface area contributed by atoms with Crippen LogP contribution in [-0.4, -0.2) is 145 Å². The molecule has 1 aromatic rings. The van der Waals surface area contributed by atoms with Gasteiger partial charge in [-0.1, -0.05) is 103 Å². The lowest BCUT2D eigenvalue weighted by Gasteiger charge is -2.33. The number of ether oxygens (including phenoxy) is 3. The molecule has 1 aliphatic heterocycles. The lowest BCUT2D eigenvalue weighted by molar-refractivity contribution is -0.155. The Morgan fingerprint density at radius 1 is 0.905 bits per heavy atom. The fourth-order valence-electron chi connectivity index (χ4n) is 8.05. The number of nitrogens with one attached hydrogen (secondary N) is 4. The smallest absolute Gasteiger partial charge is 0.407 e. The van der Waals surface area contributed by atoms with Gasteiger partial charge in [-0.25, -0.2) is 14.4 Å². The number of carbonyl (C=O) groups excluding carboxylic acids is 8. The molecule has 2 rings (SSSR count). The van der Waals surface area contributed by atoms with Crippen LogP contribution in [0.15, 0.2) is 53.6 Å². The summed E-state index contributed by atoms with van der Waals surface area (Å²) in [5, 5.41) is 10.8. The van der Waals surface area contributed by atoms with Crippen molar-refractivity contribution in [1.29, 1.82) is 0 Å². The zero-order chi connectivity index (χ0) is 55.9. The second-order valence-electron chi connectivity index (χ2n) is 19.9. The van der Waals surface area contributed by atoms with Crippen LogP contribution in [0.5, 0.6) is 0 Å². The van der Waals surface area contributed by atoms with Crippen LogP contribution in [0, 0.1) is 17.8 Å². The van der Waals surface area contributed by atoms with E-state index in [9.17, 15) is 47.8 Å². The van der Waals surface area contributed by atoms with Gasteiger partial charge >= 0.3 is 25.6 Å². The van der Waals surface area contributed by atoms with E-state index in [-0.39, 0.29) is 43.9 Å². The molecule has 21 heteroatoms. The number of nitrogens with zero attached hydrogens (tertiary/aromatic N) is 2. The number of likely N-dealkylation sites (N-methyl/N-ethyl adjacent to an activating group) is 2. The summed E-state index contributed by atoms with van der Waals surface area (Å²) in [5.41, 5.74) is 1.38. The number of cyclic esters (lactones) is 2. The van der Waals surface area contributed by atoms with Gasteiger partial charge in [0.25, 0.3) is 5.91 Å². The van der Waals surface area contributed by atoms with Gasteiger partial charge in [-0.15, -0.1) is 0 Å². The molecular weight excluding hydrogens is 976 g/mol. The molecule has 0 spiro atoms. The number of hydrogen-bond acceptors (Lipinski definition) is 13. The minimum atomic E-state index is -3.53. The van der Waals surface area contributed by atoms with Crippen LogP contribution in [0.1, 0.15) is 126 Å². The number of carbonyl (C=O) groups is 8. The SMILES string of the molecule is C/C=C(\C)[C@H]1OC(=O)[C@@H](C)NC(=O)[C@H](C(C)CC)NC(=O)CN(C)C(=O)[C@@H](Cc2ccccc2)N(C)C(=O)[C@H](C)NC(=O)[C@@H](CC(C)C)OC(=O)/C(C)=C/C[C@H](OC(=O)NCCCCCCCOP(C)(=O)O)[C@@H]1C. The van der Waals surface area contributed by atoms with Crippen molar-refractivity contribution < 1.29 is 66.5 Å². The Balaban J connectivity index is 2.61. The molecule has 1 aliphatic rings. The first-order valence-electron chi connectivity index (χ1n) is 25.8. The molecule has 2 unspecified atom stereocenters. The normalized spacial score (nSPS) is 26.1. The summed E-state index contributed by atoms with van der Waals surface area (Å²) >= 11 is 0. The molecule has 20 nitrogen and oxygen atoms in total. The Labute approximate surface area is 438 Å². The van der Waals surface area contributed by atoms with Gasteiger partial charge in [0, 0.05) is 51.6 Å². The first-order chi connectivity index (χ1) is 34.7. The average Bonchev–Trinajstić information content (AvgIpc) is 3.34. The van der Waals surface area contributed by atoms with E-state index in [1.807, 2.05) is 20.8 Å². The van der Waals surface area contributed by atoms with E-state index in [4.69, 9.17) is 18.7 Å². The fourth-order valence-corrected chi connectivity index (χ4v) is 8.52. The Morgan fingerprint density at radius 2 is 1.53 bits per heavy atom. The number of allylic oxidation sites excluding steroid dienone is 1. The lowest BCUT2D eigenvalue weighted by atomic mass is 9.90. The van der Waals surface area contributed by atoms with Crippen molar-refractivity contribution in [3.63, 3.8) is 0 Å². The highest BCUT2D eigenvalue weighted by atomic mass is 31.2. The molecular formula is C53H85N6O14P. The van der Waals surface area contributed by atoms with Gasteiger partial charge in [0.15, 0.2) is 6.10 Å². The van der Waals surface area contributed by atoms with Crippen LogP contribution < -0.4 is 21.3 Å². The van der Waals surface area contributed by atoms with Crippen molar-refractivity contribution in [2.75, 3.05) is 40.5 Å². The summed E-state index contributed by atoms with van der Waals surface area (Å²) in [7, 11) is -0.706. The van der Waals surface area contributed by atoms with Crippen LogP contribution in [0.2, 0.25) is 0 Å². The number of benzene rings is 1. The topological polar surface area (TPSA) is 265 Å². The second-order valence-corrected chi connectivity index (χ2v) is 21.8. The second kappa shape index (κ2) is 32.0. The van der Waals surface area contributed by atoms with E-state index in [0.717, 1.165) is 36.4 Å².